The van der Waals surface area contributed by atoms with Gasteiger partial charge in [-0.25, -0.2) is 0 Å². The van der Waals surface area contributed by atoms with Gasteiger partial charge in [-0.1, -0.05) is 35.3 Å². The first kappa shape index (κ1) is 16.5. The SMILES string of the molecule is N#CC(C#N)[C@H](CC(=O)c1ccc(Cl)s1)c1ccc(Cl)cc1. The largest absolute Gasteiger partial charge is 0.293 e. The molecule has 0 saturated carbocycles. The highest BCUT2D eigenvalue weighted by Gasteiger charge is 2.26. The van der Waals surface area contributed by atoms with Crippen molar-refractivity contribution in [2.75, 3.05) is 0 Å². The quantitative estimate of drug-likeness (QED) is 0.708. The molecule has 0 saturated heterocycles. The predicted octanol–water partition coefficient (Wildman–Crippen LogP) is 5.07. The van der Waals surface area contributed by atoms with Crippen molar-refractivity contribution < 1.29 is 4.79 Å². The maximum Gasteiger partial charge on any atom is 0.173 e. The van der Waals surface area contributed by atoms with Gasteiger partial charge in [-0.2, -0.15) is 10.5 Å². The highest BCUT2D eigenvalue weighted by atomic mass is 35.5. The summed E-state index contributed by atoms with van der Waals surface area (Å²) in [5.41, 5.74) is 0.744. The number of ketones is 1. The smallest absolute Gasteiger partial charge is 0.173 e. The maximum absolute atomic E-state index is 12.4. The average molecular weight is 349 g/mol. The van der Waals surface area contributed by atoms with Crippen LogP contribution in [0.15, 0.2) is 36.4 Å². The molecular weight excluding hydrogens is 339 g/mol. The van der Waals surface area contributed by atoms with Crippen LogP contribution in [-0.2, 0) is 0 Å². The summed E-state index contributed by atoms with van der Waals surface area (Å²) in [5, 5.41) is 18.9. The Balaban J connectivity index is 2.29. The van der Waals surface area contributed by atoms with E-state index in [0.29, 0.717) is 14.2 Å². The molecule has 0 amide bonds. The Labute approximate surface area is 142 Å². The summed E-state index contributed by atoms with van der Waals surface area (Å²) in [6.07, 6.45) is 0.0737. The lowest BCUT2D eigenvalue weighted by Gasteiger charge is -2.17. The van der Waals surface area contributed by atoms with Gasteiger partial charge < -0.3 is 0 Å². The highest BCUT2D eigenvalue weighted by Crippen LogP contribution is 2.32. The van der Waals surface area contributed by atoms with Crippen molar-refractivity contribution in [2.45, 2.75) is 12.3 Å². The topological polar surface area (TPSA) is 64.7 Å². The third-order valence-corrected chi connectivity index (χ3v) is 4.76. The molecule has 1 aromatic carbocycles. The van der Waals surface area contributed by atoms with Gasteiger partial charge in [0.25, 0.3) is 0 Å². The van der Waals surface area contributed by atoms with Crippen molar-refractivity contribution in [2.24, 2.45) is 5.92 Å². The van der Waals surface area contributed by atoms with E-state index in [4.69, 9.17) is 23.2 Å². The number of carbonyl (C=O) groups is 1. The van der Waals surface area contributed by atoms with E-state index in [9.17, 15) is 15.3 Å². The summed E-state index contributed by atoms with van der Waals surface area (Å²) in [6, 6.07) is 14.1. The summed E-state index contributed by atoms with van der Waals surface area (Å²) in [4.78, 5) is 12.9. The summed E-state index contributed by atoms with van der Waals surface area (Å²) in [5.74, 6) is -1.53. The number of Topliss-reactive ketones (excluding diaryl/α,β-unsaturated/α-hetero) is 1. The van der Waals surface area contributed by atoms with Gasteiger partial charge in [0, 0.05) is 17.4 Å². The molecule has 1 aromatic heterocycles. The molecule has 0 radical (unpaired) electrons. The number of hydrogen-bond acceptors (Lipinski definition) is 4. The monoisotopic (exact) mass is 348 g/mol. The Morgan fingerprint density at radius 1 is 1.09 bits per heavy atom. The zero-order valence-corrected chi connectivity index (χ0v) is 13.6. The molecule has 0 N–H and O–H groups in total. The molecule has 1 atom stereocenters. The number of carbonyl (C=O) groups excluding carboxylic acids is 1. The van der Waals surface area contributed by atoms with Crippen LogP contribution in [0.1, 0.15) is 27.6 Å². The molecule has 1 heterocycles. The van der Waals surface area contributed by atoms with Crippen LogP contribution in [-0.4, -0.2) is 5.78 Å². The van der Waals surface area contributed by atoms with Crippen LogP contribution in [0, 0.1) is 28.6 Å². The van der Waals surface area contributed by atoms with Gasteiger partial charge in [-0.15, -0.1) is 11.3 Å². The summed E-state index contributed by atoms with van der Waals surface area (Å²) < 4.78 is 0.531. The lowest BCUT2D eigenvalue weighted by Crippen LogP contribution is -2.14. The van der Waals surface area contributed by atoms with Crippen molar-refractivity contribution in [1.82, 2.24) is 0 Å². The van der Waals surface area contributed by atoms with Crippen LogP contribution in [0.4, 0.5) is 0 Å². The molecule has 3 nitrogen and oxygen atoms in total. The van der Waals surface area contributed by atoms with Crippen molar-refractivity contribution in [3.05, 3.63) is 56.2 Å². The minimum absolute atomic E-state index is 0.0737. The molecule has 2 rings (SSSR count). The zero-order chi connectivity index (χ0) is 16.1. The number of hydrogen-bond donors (Lipinski definition) is 0. The lowest BCUT2D eigenvalue weighted by atomic mass is 9.83. The molecule has 6 heteroatoms. The molecule has 0 aliphatic carbocycles. The predicted molar refractivity (Wildman–Crippen MR) is 87.2 cm³/mol. The molecule has 0 aliphatic heterocycles. The van der Waals surface area contributed by atoms with Gasteiger partial charge >= 0.3 is 0 Å². The zero-order valence-electron chi connectivity index (χ0n) is 11.3. The number of thiophene rings is 1. The fourth-order valence-electron chi connectivity index (χ4n) is 2.11. The highest BCUT2D eigenvalue weighted by molar-refractivity contribution is 7.18. The average Bonchev–Trinajstić information content (AvgIpc) is 2.95. The molecule has 0 spiro atoms. The fraction of sp³-hybridized carbons (Fsp3) is 0.188. The van der Waals surface area contributed by atoms with E-state index in [-0.39, 0.29) is 12.2 Å². The molecular formula is C16H10Cl2N2OS. The molecule has 2 aromatic rings. The van der Waals surface area contributed by atoms with E-state index < -0.39 is 11.8 Å². The van der Waals surface area contributed by atoms with E-state index in [0.717, 1.165) is 5.56 Å². The van der Waals surface area contributed by atoms with Crippen LogP contribution in [0.5, 0.6) is 0 Å². The second kappa shape index (κ2) is 7.42. The van der Waals surface area contributed by atoms with Gasteiger partial charge in [0.1, 0.15) is 5.92 Å². The fourth-order valence-corrected chi connectivity index (χ4v) is 3.23. The Morgan fingerprint density at radius 3 is 2.23 bits per heavy atom. The van der Waals surface area contributed by atoms with E-state index in [1.165, 1.54) is 11.3 Å². The van der Waals surface area contributed by atoms with Crippen molar-refractivity contribution in [3.8, 4) is 12.1 Å². The van der Waals surface area contributed by atoms with E-state index >= 15 is 0 Å². The van der Waals surface area contributed by atoms with Gasteiger partial charge in [0.15, 0.2) is 5.78 Å². The molecule has 22 heavy (non-hydrogen) atoms. The number of nitrogens with zero attached hydrogens (tertiary/aromatic N) is 2. The molecule has 110 valence electrons. The van der Waals surface area contributed by atoms with Crippen LogP contribution in [0.25, 0.3) is 0 Å². The third-order valence-electron chi connectivity index (χ3n) is 3.23. The second-order valence-electron chi connectivity index (χ2n) is 4.62. The van der Waals surface area contributed by atoms with Crippen LogP contribution < -0.4 is 0 Å². The summed E-state index contributed by atoms with van der Waals surface area (Å²) in [7, 11) is 0. The number of halogens is 2. The number of rotatable bonds is 5. The van der Waals surface area contributed by atoms with Crippen molar-refractivity contribution in [1.29, 1.82) is 10.5 Å². The summed E-state index contributed by atoms with van der Waals surface area (Å²) in [6.45, 7) is 0. The Hall–Kier alpha value is -1.85. The maximum atomic E-state index is 12.4. The first-order chi connectivity index (χ1) is 10.5. The third kappa shape index (κ3) is 3.87. The molecule has 0 unspecified atom stereocenters. The normalized spacial score (nSPS) is 11.7. The van der Waals surface area contributed by atoms with Crippen LogP contribution in [0.3, 0.4) is 0 Å². The first-order valence-corrected chi connectivity index (χ1v) is 7.95. The Bertz CT molecular complexity index is 742. The first-order valence-electron chi connectivity index (χ1n) is 6.38. The van der Waals surface area contributed by atoms with Gasteiger partial charge in [0.05, 0.1) is 21.4 Å². The second-order valence-corrected chi connectivity index (χ2v) is 6.78. The van der Waals surface area contributed by atoms with E-state index in [1.54, 1.807) is 36.4 Å². The number of nitriles is 2. The molecule has 0 bridgehead atoms. The van der Waals surface area contributed by atoms with Crippen molar-refractivity contribution in [3.63, 3.8) is 0 Å². The Kier molecular flexibility index (Phi) is 5.57. The lowest BCUT2D eigenvalue weighted by molar-refractivity contribution is 0.0975. The van der Waals surface area contributed by atoms with E-state index in [2.05, 4.69) is 0 Å². The minimum atomic E-state index is -0.902. The van der Waals surface area contributed by atoms with Gasteiger partial charge in [-0.3, -0.25) is 4.79 Å². The summed E-state index contributed by atoms with van der Waals surface area (Å²) >= 11 is 12.9. The van der Waals surface area contributed by atoms with Crippen LogP contribution in [0.2, 0.25) is 9.36 Å². The standard InChI is InChI=1S/C16H10Cl2N2OS/c17-12-3-1-10(2-4-12)13(11(8-19)9-20)7-14(21)15-5-6-16(18)22-15/h1-6,11,13H,7H2/t13-/m1/s1. The molecule has 0 fully saturated rings. The van der Waals surface area contributed by atoms with Crippen LogP contribution >= 0.6 is 34.5 Å². The Morgan fingerprint density at radius 2 is 1.73 bits per heavy atom. The number of benzene rings is 1. The minimum Gasteiger partial charge on any atom is -0.293 e. The van der Waals surface area contributed by atoms with Gasteiger partial charge in [0.2, 0.25) is 0 Å². The molecule has 0 aliphatic rings. The van der Waals surface area contributed by atoms with Crippen molar-refractivity contribution >= 4 is 40.3 Å². The van der Waals surface area contributed by atoms with Gasteiger partial charge in [-0.05, 0) is 29.8 Å². The van der Waals surface area contributed by atoms with E-state index in [1.807, 2.05) is 12.1 Å².